The zero-order valence-electron chi connectivity index (χ0n) is 13.6. The van der Waals surface area contributed by atoms with Crippen LogP contribution in [-0.4, -0.2) is 23.5 Å². The van der Waals surface area contributed by atoms with Gasteiger partial charge in [0, 0.05) is 10.9 Å². The van der Waals surface area contributed by atoms with Gasteiger partial charge in [0.05, 0.1) is 11.6 Å². The number of amides is 1. The maximum Gasteiger partial charge on any atom is 0.310 e. The lowest BCUT2D eigenvalue weighted by molar-refractivity contribution is -0.152. The molecule has 2 bridgehead atoms. The second kappa shape index (κ2) is 6.80. The van der Waals surface area contributed by atoms with Crippen molar-refractivity contribution in [3.8, 4) is 11.3 Å². The van der Waals surface area contributed by atoms with Gasteiger partial charge < -0.3 is 4.74 Å². The topological polar surface area (TPSA) is 68.3 Å². The first kappa shape index (κ1) is 16.0. The summed E-state index contributed by atoms with van der Waals surface area (Å²) >= 11 is 1.35. The molecule has 1 saturated carbocycles. The van der Waals surface area contributed by atoms with Crippen molar-refractivity contribution in [3.63, 3.8) is 0 Å². The number of allylic oxidation sites excluding steroid dienone is 2. The van der Waals surface area contributed by atoms with E-state index in [2.05, 4.69) is 22.5 Å². The number of esters is 1. The summed E-state index contributed by atoms with van der Waals surface area (Å²) in [4.78, 5) is 28.5. The summed E-state index contributed by atoms with van der Waals surface area (Å²) in [6.07, 6.45) is 6.15. The highest BCUT2D eigenvalue weighted by molar-refractivity contribution is 7.14. The molecule has 0 spiro atoms. The van der Waals surface area contributed by atoms with E-state index in [1.54, 1.807) is 0 Å². The largest absolute Gasteiger partial charge is 0.455 e. The number of nitrogens with zero attached hydrogens (tertiary/aromatic N) is 1. The molecule has 0 aliphatic heterocycles. The summed E-state index contributed by atoms with van der Waals surface area (Å²) in [6, 6.07) is 9.76. The van der Waals surface area contributed by atoms with Gasteiger partial charge in [-0.2, -0.15) is 0 Å². The van der Waals surface area contributed by atoms with Crippen molar-refractivity contribution in [1.82, 2.24) is 4.98 Å². The van der Waals surface area contributed by atoms with Crippen LogP contribution in [0.4, 0.5) is 5.13 Å². The predicted molar refractivity (Wildman–Crippen MR) is 96.0 cm³/mol. The predicted octanol–water partition coefficient (Wildman–Crippen LogP) is 3.50. The van der Waals surface area contributed by atoms with Crippen molar-refractivity contribution in [2.24, 2.45) is 17.8 Å². The average molecular weight is 354 g/mol. The molecule has 6 heteroatoms. The van der Waals surface area contributed by atoms with Crippen molar-refractivity contribution in [1.29, 1.82) is 0 Å². The Morgan fingerprint density at radius 2 is 2.04 bits per heavy atom. The van der Waals surface area contributed by atoms with Crippen LogP contribution in [-0.2, 0) is 14.3 Å². The monoisotopic (exact) mass is 354 g/mol. The van der Waals surface area contributed by atoms with E-state index in [0.717, 1.165) is 24.1 Å². The summed E-state index contributed by atoms with van der Waals surface area (Å²) in [7, 11) is 0. The van der Waals surface area contributed by atoms with Gasteiger partial charge in [0.1, 0.15) is 0 Å². The van der Waals surface area contributed by atoms with Gasteiger partial charge in [0.15, 0.2) is 11.7 Å². The number of anilines is 1. The smallest absolute Gasteiger partial charge is 0.310 e. The highest BCUT2D eigenvalue weighted by atomic mass is 32.1. The van der Waals surface area contributed by atoms with Crippen LogP contribution in [0.1, 0.15) is 12.8 Å². The molecule has 128 valence electrons. The molecule has 25 heavy (non-hydrogen) atoms. The van der Waals surface area contributed by atoms with Crippen molar-refractivity contribution in [3.05, 3.63) is 47.9 Å². The average Bonchev–Trinajstić information content (AvgIpc) is 3.37. The Labute approximate surface area is 149 Å². The molecule has 1 aromatic carbocycles. The highest BCUT2D eigenvalue weighted by Crippen LogP contribution is 2.43. The molecule has 2 aliphatic rings. The number of ether oxygens (including phenoxy) is 1. The fourth-order valence-electron chi connectivity index (χ4n) is 3.52. The summed E-state index contributed by atoms with van der Waals surface area (Å²) < 4.78 is 5.20. The first-order chi connectivity index (χ1) is 12.2. The van der Waals surface area contributed by atoms with Gasteiger partial charge in [-0.3, -0.25) is 14.9 Å². The van der Waals surface area contributed by atoms with Crippen molar-refractivity contribution < 1.29 is 14.3 Å². The number of fused-ring (bicyclic) bond motifs is 2. The molecule has 3 atom stereocenters. The van der Waals surface area contributed by atoms with Gasteiger partial charge >= 0.3 is 5.97 Å². The second-order valence-electron chi connectivity index (χ2n) is 6.45. The van der Waals surface area contributed by atoms with E-state index < -0.39 is 0 Å². The molecule has 0 saturated heterocycles. The third kappa shape index (κ3) is 3.49. The number of carbonyl (C=O) groups is 2. The van der Waals surface area contributed by atoms with Gasteiger partial charge in [-0.05, 0) is 24.7 Å². The fraction of sp³-hybridized carbons (Fsp3) is 0.316. The minimum Gasteiger partial charge on any atom is -0.455 e. The van der Waals surface area contributed by atoms with Crippen molar-refractivity contribution >= 4 is 28.3 Å². The van der Waals surface area contributed by atoms with Crippen molar-refractivity contribution in [2.75, 3.05) is 11.9 Å². The van der Waals surface area contributed by atoms with Crippen LogP contribution in [0.25, 0.3) is 11.3 Å². The van der Waals surface area contributed by atoms with Gasteiger partial charge in [-0.1, -0.05) is 42.5 Å². The van der Waals surface area contributed by atoms with Crippen LogP contribution in [0.2, 0.25) is 0 Å². The molecule has 1 fully saturated rings. The SMILES string of the molecule is O=C(COC(=O)[C@@H]1C[C@@H]2C=C[C@H]1C2)Nc1nc(-c2ccccc2)cs1. The number of benzene rings is 1. The lowest BCUT2D eigenvalue weighted by Gasteiger charge is -2.16. The normalized spacial score (nSPS) is 23.6. The zero-order valence-corrected chi connectivity index (χ0v) is 14.4. The Kier molecular flexibility index (Phi) is 4.36. The Morgan fingerprint density at radius 1 is 1.20 bits per heavy atom. The summed E-state index contributed by atoms with van der Waals surface area (Å²) in [6.45, 7) is -0.267. The van der Waals surface area contributed by atoms with Gasteiger partial charge in [-0.15, -0.1) is 11.3 Å². The molecule has 1 aromatic heterocycles. The fourth-order valence-corrected chi connectivity index (χ4v) is 4.26. The minimum atomic E-state index is -0.360. The molecule has 2 aliphatic carbocycles. The lowest BCUT2D eigenvalue weighted by Crippen LogP contribution is -2.26. The van der Waals surface area contributed by atoms with Crippen molar-refractivity contribution in [2.45, 2.75) is 12.8 Å². The number of nitrogens with one attached hydrogen (secondary N) is 1. The van der Waals surface area contributed by atoms with E-state index in [9.17, 15) is 9.59 Å². The molecular formula is C19H18N2O3S. The van der Waals surface area contributed by atoms with Crippen LogP contribution in [0, 0.1) is 17.8 Å². The van der Waals surface area contributed by atoms with Gasteiger partial charge in [-0.25, -0.2) is 4.98 Å². The number of carbonyl (C=O) groups excluding carboxylic acids is 2. The highest BCUT2D eigenvalue weighted by Gasteiger charge is 2.40. The summed E-state index contributed by atoms with van der Waals surface area (Å²) in [5, 5.41) is 5.08. The molecule has 4 rings (SSSR count). The molecular weight excluding hydrogens is 336 g/mol. The number of hydrogen-bond acceptors (Lipinski definition) is 5. The van der Waals surface area contributed by atoms with Gasteiger partial charge in [0.25, 0.3) is 5.91 Å². The van der Waals surface area contributed by atoms with Crippen LogP contribution < -0.4 is 5.32 Å². The van der Waals surface area contributed by atoms with E-state index in [4.69, 9.17) is 4.74 Å². The quantitative estimate of drug-likeness (QED) is 0.659. The minimum absolute atomic E-state index is 0.0904. The Bertz CT molecular complexity index is 815. The van der Waals surface area contributed by atoms with E-state index >= 15 is 0 Å². The van der Waals surface area contributed by atoms with E-state index in [1.807, 2.05) is 35.7 Å². The van der Waals surface area contributed by atoms with Crippen LogP contribution in [0.5, 0.6) is 0 Å². The zero-order chi connectivity index (χ0) is 17.2. The number of hydrogen-bond donors (Lipinski definition) is 1. The Balaban J connectivity index is 1.29. The van der Waals surface area contributed by atoms with Crippen LogP contribution >= 0.6 is 11.3 Å². The lowest BCUT2D eigenvalue weighted by atomic mass is 9.94. The van der Waals surface area contributed by atoms with Gasteiger partial charge in [0.2, 0.25) is 0 Å². The molecule has 0 radical (unpaired) electrons. The third-order valence-corrected chi connectivity index (χ3v) is 5.50. The number of thiazole rings is 1. The third-order valence-electron chi connectivity index (χ3n) is 4.75. The van der Waals surface area contributed by atoms with Crippen LogP contribution in [0.3, 0.4) is 0 Å². The molecule has 0 unspecified atom stereocenters. The summed E-state index contributed by atoms with van der Waals surface area (Å²) in [5.41, 5.74) is 1.81. The Hall–Kier alpha value is -2.47. The molecule has 1 heterocycles. The Morgan fingerprint density at radius 3 is 2.76 bits per heavy atom. The molecule has 1 amide bonds. The number of rotatable bonds is 5. The molecule has 5 nitrogen and oxygen atoms in total. The number of aromatic nitrogens is 1. The maximum absolute atomic E-state index is 12.1. The van der Waals surface area contributed by atoms with E-state index in [0.29, 0.717) is 11.0 Å². The standard InChI is InChI=1S/C19H18N2O3S/c22-17(10-24-18(23)15-9-12-6-7-14(15)8-12)21-19-20-16(11-25-19)13-4-2-1-3-5-13/h1-7,11-12,14-15H,8-10H2,(H,20,21,22)/t12-,14+,15-/m1/s1. The first-order valence-electron chi connectivity index (χ1n) is 8.35. The molecule has 1 N–H and O–H groups in total. The van der Waals surface area contributed by atoms with E-state index in [-0.39, 0.29) is 30.3 Å². The van der Waals surface area contributed by atoms with E-state index in [1.165, 1.54) is 11.3 Å². The molecule has 2 aromatic rings. The second-order valence-corrected chi connectivity index (χ2v) is 7.30. The van der Waals surface area contributed by atoms with Crippen LogP contribution in [0.15, 0.2) is 47.9 Å². The first-order valence-corrected chi connectivity index (χ1v) is 9.23. The maximum atomic E-state index is 12.1. The summed E-state index contributed by atoms with van der Waals surface area (Å²) in [5.74, 6) is 0.0699.